The Morgan fingerprint density at radius 3 is 2.06 bits per heavy atom. The van der Waals surface area contributed by atoms with E-state index in [4.69, 9.17) is 0 Å². The van der Waals surface area contributed by atoms with E-state index in [-0.39, 0.29) is 17.0 Å². The molecule has 0 aliphatic carbocycles. The average Bonchev–Trinajstić information content (AvgIpc) is 2.81. The monoisotopic (exact) mass is 448 g/mol. The van der Waals surface area contributed by atoms with Gasteiger partial charge >= 0.3 is 5.97 Å². The lowest BCUT2D eigenvalue weighted by Crippen LogP contribution is -2.49. The van der Waals surface area contributed by atoms with Crippen LogP contribution in [0.3, 0.4) is 0 Å². The summed E-state index contributed by atoms with van der Waals surface area (Å²) in [6, 6.07) is 16.0. The number of amides is 1. The van der Waals surface area contributed by atoms with Crippen molar-refractivity contribution in [2.75, 3.05) is 46.8 Å². The van der Waals surface area contributed by atoms with Crippen LogP contribution in [0.2, 0.25) is 0 Å². The van der Waals surface area contributed by atoms with Gasteiger partial charge in [0, 0.05) is 63.3 Å². The number of carbonyl (C=O) groups excluding carboxylic acids is 1. The van der Waals surface area contributed by atoms with E-state index in [2.05, 4.69) is 9.80 Å². The number of carboxylic acid groups (broad SMARTS) is 1. The Kier molecular flexibility index (Phi) is 6.57. The van der Waals surface area contributed by atoms with Crippen LogP contribution in [0.15, 0.2) is 59.4 Å². The lowest BCUT2D eigenvalue weighted by molar-refractivity contribution is -0.130. The predicted molar refractivity (Wildman–Crippen MR) is 127 cm³/mol. The number of aromatic carboxylic acids is 1. The Balaban J connectivity index is 1.73. The molecule has 0 saturated carbocycles. The molecule has 1 amide bonds. The molecule has 2 aromatic carbocycles. The molecule has 3 aromatic rings. The van der Waals surface area contributed by atoms with E-state index in [1.54, 1.807) is 43.3 Å². The van der Waals surface area contributed by atoms with Crippen molar-refractivity contribution < 1.29 is 14.7 Å². The number of para-hydroxylation sites is 1. The second-order valence-electron chi connectivity index (χ2n) is 8.49. The van der Waals surface area contributed by atoms with Crippen molar-refractivity contribution in [3.63, 3.8) is 0 Å². The van der Waals surface area contributed by atoms with Gasteiger partial charge < -0.3 is 10.0 Å². The lowest BCUT2D eigenvalue weighted by atomic mass is 10.0. The molecule has 0 spiro atoms. The van der Waals surface area contributed by atoms with E-state index in [1.807, 2.05) is 30.3 Å². The number of carboxylic acids is 1. The van der Waals surface area contributed by atoms with Crippen LogP contribution in [0, 0.1) is 0 Å². The van der Waals surface area contributed by atoms with Crippen LogP contribution in [0.4, 0.5) is 0 Å². The van der Waals surface area contributed by atoms with Gasteiger partial charge in [-0.25, -0.2) is 4.79 Å². The van der Waals surface area contributed by atoms with Crippen molar-refractivity contribution in [1.29, 1.82) is 0 Å². The van der Waals surface area contributed by atoms with Crippen molar-refractivity contribution >= 4 is 22.6 Å². The largest absolute Gasteiger partial charge is 0.478 e. The van der Waals surface area contributed by atoms with Gasteiger partial charge in [-0.3, -0.25) is 24.0 Å². The molecule has 1 aliphatic rings. The SMILES string of the molecule is CN(C)C(=O)CN1CCN(Cc2c(C(=O)O)c3ccccc3c(=O)n2-c2ccccc2)CC1. The molecule has 1 fully saturated rings. The fourth-order valence-corrected chi connectivity index (χ4v) is 4.29. The minimum absolute atomic E-state index is 0.0593. The minimum Gasteiger partial charge on any atom is -0.478 e. The van der Waals surface area contributed by atoms with Crippen LogP contribution in [0.25, 0.3) is 16.5 Å². The molecule has 2 heterocycles. The summed E-state index contributed by atoms with van der Waals surface area (Å²) in [6.45, 7) is 3.44. The van der Waals surface area contributed by atoms with Crippen LogP contribution in [0.1, 0.15) is 16.1 Å². The number of hydrogen-bond donors (Lipinski definition) is 1. The maximum Gasteiger partial charge on any atom is 0.338 e. The number of rotatable bonds is 6. The van der Waals surface area contributed by atoms with Gasteiger partial charge in [-0.15, -0.1) is 0 Å². The first-order valence-electron chi connectivity index (χ1n) is 11.0. The third-order valence-corrected chi connectivity index (χ3v) is 6.11. The van der Waals surface area contributed by atoms with Gasteiger partial charge in [-0.1, -0.05) is 36.4 Å². The molecule has 4 rings (SSSR count). The van der Waals surface area contributed by atoms with Gasteiger partial charge in [-0.05, 0) is 18.2 Å². The van der Waals surface area contributed by atoms with E-state index in [9.17, 15) is 19.5 Å². The molecule has 8 heteroatoms. The molecule has 0 bridgehead atoms. The van der Waals surface area contributed by atoms with E-state index in [1.165, 1.54) is 4.57 Å². The number of pyridine rings is 1. The van der Waals surface area contributed by atoms with Crippen LogP contribution >= 0.6 is 0 Å². The number of fused-ring (bicyclic) bond motifs is 1. The number of nitrogens with zero attached hydrogens (tertiary/aromatic N) is 4. The standard InChI is InChI=1S/C25H28N4O4/c1-26(2)22(30)17-28-14-12-27(13-15-28)16-21-23(25(32)33)19-10-6-7-11-20(19)24(31)29(21)18-8-4-3-5-9-18/h3-11H,12-17H2,1-2H3,(H,32,33). The number of piperazine rings is 1. The summed E-state index contributed by atoms with van der Waals surface area (Å²) in [5, 5.41) is 11.0. The summed E-state index contributed by atoms with van der Waals surface area (Å²) in [5.74, 6) is -0.995. The second kappa shape index (κ2) is 9.56. The highest BCUT2D eigenvalue weighted by Crippen LogP contribution is 2.24. The highest BCUT2D eigenvalue weighted by atomic mass is 16.4. The maximum absolute atomic E-state index is 13.5. The van der Waals surface area contributed by atoms with Gasteiger partial charge in [0.2, 0.25) is 5.91 Å². The molecule has 1 saturated heterocycles. The smallest absolute Gasteiger partial charge is 0.338 e. The molecule has 1 aromatic heterocycles. The van der Waals surface area contributed by atoms with E-state index in [0.717, 1.165) is 0 Å². The number of carbonyl (C=O) groups is 2. The number of benzene rings is 2. The summed E-state index contributed by atoms with van der Waals surface area (Å²) in [5.41, 5.74) is 1.03. The van der Waals surface area contributed by atoms with Gasteiger partial charge in [0.05, 0.1) is 17.8 Å². The third kappa shape index (κ3) is 4.67. The molecule has 172 valence electrons. The van der Waals surface area contributed by atoms with Gasteiger partial charge in [0.15, 0.2) is 0 Å². The van der Waals surface area contributed by atoms with E-state index < -0.39 is 5.97 Å². The molecule has 8 nitrogen and oxygen atoms in total. The highest BCUT2D eigenvalue weighted by Gasteiger charge is 2.26. The molecule has 33 heavy (non-hydrogen) atoms. The minimum atomic E-state index is -1.05. The zero-order chi connectivity index (χ0) is 23.5. The van der Waals surface area contributed by atoms with E-state index >= 15 is 0 Å². The normalized spacial score (nSPS) is 15.0. The van der Waals surface area contributed by atoms with Gasteiger partial charge in [0.1, 0.15) is 0 Å². The zero-order valence-corrected chi connectivity index (χ0v) is 18.9. The molecule has 0 atom stereocenters. The Hall–Kier alpha value is -3.49. The maximum atomic E-state index is 13.5. The molecule has 1 N–H and O–H groups in total. The number of hydrogen-bond acceptors (Lipinski definition) is 5. The summed E-state index contributed by atoms with van der Waals surface area (Å²) in [4.78, 5) is 43.8. The van der Waals surface area contributed by atoms with Gasteiger partial charge in [0.25, 0.3) is 5.56 Å². The van der Waals surface area contributed by atoms with Crippen LogP contribution in [-0.2, 0) is 11.3 Å². The van der Waals surface area contributed by atoms with Crippen LogP contribution in [0.5, 0.6) is 0 Å². The first-order chi connectivity index (χ1) is 15.9. The topological polar surface area (TPSA) is 86.1 Å². The Morgan fingerprint density at radius 2 is 1.45 bits per heavy atom. The quantitative estimate of drug-likeness (QED) is 0.620. The molecular weight excluding hydrogens is 420 g/mol. The van der Waals surface area contributed by atoms with Crippen LogP contribution < -0.4 is 5.56 Å². The summed E-state index contributed by atoms with van der Waals surface area (Å²) >= 11 is 0. The summed E-state index contributed by atoms with van der Waals surface area (Å²) in [7, 11) is 3.49. The van der Waals surface area contributed by atoms with Crippen molar-refractivity contribution in [3.05, 3.63) is 76.2 Å². The number of aromatic nitrogens is 1. The average molecular weight is 449 g/mol. The van der Waals surface area contributed by atoms with Crippen molar-refractivity contribution in [2.45, 2.75) is 6.54 Å². The molecule has 0 radical (unpaired) electrons. The fourth-order valence-electron chi connectivity index (χ4n) is 4.29. The zero-order valence-electron chi connectivity index (χ0n) is 18.9. The Morgan fingerprint density at radius 1 is 0.879 bits per heavy atom. The van der Waals surface area contributed by atoms with Crippen molar-refractivity contribution in [2.24, 2.45) is 0 Å². The summed E-state index contributed by atoms with van der Waals surface area (Å²) in [6.07, 6.45) is 0. The van der Waals surface area contributed by atoms with E-state index in [0.29, 0.717) is 61.4 Å². The Bertz CT molecular complexity index is 1230. The predicted octanol–water partition coefficient (Wildman–Crippen LogP) is 1.89. The lowest BCUT2D eigenvalue weighted by Gasteiger charge is -2.35. The summed E-state index contributed by atoms with van der Waals surface area (Å²) < 4.78 is 1.54. The highest BCUT2D eigenvalue weighted by molar-refractivity contribution is 6.04. The van der Waals surface area contributed by atoms with Crippen molar-refractivity contribution in [1.82, 2.24) is 19.3 Å². The number of likely N-dealkylation sites (N-methyl/N-ethyl adjacent to an activating group) is 1. The van der Waals surface area contributed by atoms with Crippen molar-refractivity contribution in [3.8, 4) is 5.69 Å². The second-order valence-corrected chi connectivity index (χ2v) is 8.49. The molecular formula is C25H28N4O4. The fraction of sp³-hybridized carbons (Fsp3) is 0.320. The third-order valence-electron chi connectivity index (χ3n) is 6.11. The van der Waals surface area contributed by atoms with Crippen LogP contribution in [-0.4, -0.2) is 83.1 Å². The molecule has 1 aliphatic heterocycles. The molecule has 0 unspecified atom stereocenters. The van der Waals surface area contributed by atoms with Gasteiger partial charge in [-0.2, -0.15) is 0 Å². The first kappa shape index (κ1) is 22.7. The Labute approximate surface area is 192 Å². The first-order valence-corrected chi connectivity index (χ1v) is 11.0.